The zero-order chi connectivity index (χ0) is 13.7. The first kappa shape index (κ1) is 14.8. The molecule has 0 saturated carbocycles. The largest absolute Gasteiger partial charge is 0.370 e. The molecule has 98 valence electrons. The van der Waals surface area contributed by atoms with Gasteiger partial charge in [0.1, 0.15) is 5.78 Å². The molecule has 4 nitrogen and oxygen atoms in total. The molecule has 0 saturated heterocycles. The summed E-state index contributed by atoms with van der Waals surface area (Å²) >= 11 is 12.2. The average Bonchev–Trinajstić information content (AvgIpc) is 2.27. The molecule has 0 aromatic heterocycles. The van der Waals surface area contributed by atoms with Crippen LogP contribution in [0.5, 0.6) is 0 Å². The van der Waals surface area contributed by atoms with Gasteiger partial charge in [0.15, 0.2) is 5.96 Å². The van der Waals surface area contributed by atoms with Crippen molar-refractivity contribution in [2.45, 2.75) is 25.8 Å². The van der Waals surface area contributed by atoms with Crippen molar-refractivity contribution in [2.75, 3.05) is 0 Å². The van der Waals surface area contributed by atoms with Crippen molar-refractivity contribution < 1.29 is 4.79 Å². The Morgan fingerprint density at radius 2 is 1.89 bits per heavy atom. The van der Waals surface area contributed by atoms with Gasteiger partial charge in [0.05, 0.1) is 6.04 Å². The molecule has 0 radical (unpaired) electrons. The van der Waals surface area contributed by atoms with Crippen LogP contribution in [-0.2, 0) is 4.79 Å². The molecular weight excluding hydrogens is 273 g/mol. The molecule has 6 heteroatoms. The van der Waals surface area contributed by atoms with Crippen LogP contribution in [0.4, 0.5) is 0 Å². The molecule has 0 heterocycles. The van der Waals surface area contributed by atoms with Crippen molar-refractivity contribution >= 4 is 34.9 Å². The van der Waals surface area contributed by atoms with Crippen LogP contribution in [0.2, 0.25) is 10.0 Å². The van der Waals surface area contributed by atoms with Gasteiger partial charge in [-0.15, -0.1) is 0 Å². The van der Waals surface area contributed by atoms with E-state index in [-0.39, 0.29) is 18.2 Å². The third-order valence-electron chi connectivity index (χ3n) is 2.45. The number of carbonyl (C=O) groups excluding carboxylic acids is 1. The van der Waals surface area contributed by atoms with Gasteiger partial charge in [-0.25, -0.2) is 4.99 Å². The molecule has 0 spiro atoms. The van der Waals surface area contributed by atoms with E-state index in [0.717, 1.165) is 0 Å². The number of rotatable bonds is 5. The summed E-state index contributed by atoms with van der Waals surface area (Å²) < 4.78 is 0. The first-order valence-electron chi connectivity index (χ1n) is 5.50. The first-order valence-corrected chi connectivity index (χ1v) is 6.25. The molecule has 0 bridgehead atoms. The predicted octanol–water partition coefficient (Wildman–Crippen LogP) is 2.68. The Morgan fingerprint density at radius 1 is 1.33 bits per heavy atom. The lowest BCUT2D eigenvalue weighted by Gasteiger charge is -2.15. The van der Waals surface area contributed by atoms with Gasteiger partial charge in [-0.2, -0.15) is 0 Å². The van der Waals surface area contributed by atoms with E-state index in [0.29, 0.717) is 22.0 Å². The summed E-state index contributed by atoms with van der Waals surface area (Å²) in [4.78, 5) is 15.6. The molecule has 1 atom stereocenters. The number of nitrogens with two attached hydrogens (primary N) is 2. The Bertz CT molecular complexity index is 450. The maximum atomic E-state index is 11.6. The van der Waals surface area contributed by atoms with Gasteiger partial charge in [0, 0.05) is 28.5 Å². The SMILES string of the molecule is CCC(=O)CC(N=C(N)N)c1c(Cl)cccc1Cl. The van der Waals surface area contributed by atoms with E-state index in [4.69, 9.17) is 34.7 Å². The quantitative estimate of drug-likeness (QED) is 0.645. The number of hydrogen-bond acceptors (Lipinski definition) is 2. The number of hydrogen-bond donors (Lipinski definition) is 2. The van der Waals surface area contributed by atoms with Crippen LogP contribution in [0.15, 0.2) is 23.2 Å². The third kappa shape index (κ3) is 3.89. The van der Waals surface area contributed by atoms with E-state index in [2.05, 4.69) is 4.99 Å². The van der Waals surface area contributed by atoms with Crippen molar-refractivity contribution in [3.05, 3.63) is 33.8 Å². The zero-order valence-corrected chi connectivity index (χ0v) is 11.5. The lowest BCUT2D eigenvalue weighted by molar-refractivity contribution is -0.119. The molecule has 18 heavy (non-hydrogen) atoms. The number of benzene rings is 1. The van der Waals surface area contributed by atoms with Crippen LogP contribution < -0.4 is 11.5 Å². The van der Waals surface area contributed by atoms with Gasteiger partial charge in [0.25, 0.3) is 0 Å². The molecule has 0 fully saturated rings. The van der Waals surface area contributed by atoms with Crippen LogP contribution in [0.1, 0.15) is 31.4 Å². The lowest BCUT2D eigenvalue weighted by Crippen LogP contribution is -2.24. The molecule has 1 aromatic rings. The number of aliphatic imine (C=N–C) groups is 1. The fraction of sp³-hybridized carbons (Fsp3) is 0.333. The fourth-order valence-electron chi connectivity index (χ4n) is 1.58. The second kappa shape index (κ2) is 6.61. The molecular formula is C12H15Cl2N3O. The number of nitrogens with zero attached hydrogens (tertiary/aromatic N) is 1. The summed E-state index contributed by atoms with van der Waals surface area (Å²) in [5.74, 6) is -0.0547. The van der Waals surface area contributed by atoms with E-state index < -0.39 is 6.04 Å². The van der Waals surface area contributed by atoms with Crippen LogP contribution in [0.25, 0.3) is 0 Å². The number of guanidine groups is 1. The molecule has 1 rings (SSSR count). The van der Waals surface area contributed by atoms with E-state index in [9.17, 15) is 4.79 Å². The number of carbonyl (C=O) groups is 1. The van der Waals surface area contributed by atoms with Crippen molar-refractivity contribution in [2.24, 2.45) is 16.5 Å². The minimum atomic E-state index is -0.538. The summed E-state index contributed by atoms with van der Waals surface area (Å²) in [5, 5.41) is 0.891. The molecule has 4 N–H and O–H groups in total. The van der Waals surface area contributed by atoms with Crippen molar-refractivity contribution in [3.8, 4) is 0 Å². The highest BCUT2D eigenvalue weighted by molar-refractivity contribution is 6.36. The number of ketones is 1. The second-order valence-corrected chi connectivity index (χ2v) is 4.62. The standard InChI is InChI=1S/C12H15Cl2N3O/c1-2-7(18)6-10(17-12(15)16)11-8(13)4-3-5-9(11)14/h3-5,10H,2,6H2,1H3,(H4,15,16,17). The minimum absolute atomic E-state index is 0.0426. The normalized spacial score (nSPS) is 11.9. The summed E-state index contributed by atoms with van der Waals surface area (Å²) in [6, 6.07) is 4.56. The smallest absolute Gasteiger partial charge is 0.186 e. The highest BCUT2D eigenvalue weighted by atomic mass is 35.5. The van der Waals surface area contributed by atoms with E-state index in [1.165, 1.54) is 0 Å². The van der Waals surface area contributed by atoms with Gasteiger partial charge in [-0.3, -0.25) is 4.79 Å². The van der Waals surface area contributed by atoms with Gasteiger partial charge in [0.2, 0.25) is 0 Å². The maximum absolute atomic E-state index is 11.6. The zero-order valence-electron chi connectivity index (χ0n) is 9.99. The van der Waals surface area contributed by atoms with Crippen molar-refractivity contribution in [1.29, 1.82) is 0 Å². The van der Waals surface area contributed by atoms with Crippen molar-refractivity contribution in [1.82, 2.24) is 0 Å². The van der Waals surface area contributed by atoms with Crippen LogP contribution in [-0.4, -0.2) is 11.7 Å². The van der Waals surface area contributed by atoms with E-state index in [1.54, 1.807) is 25.1 Å². The lowest BCUT2D eigenvalue weighted by atomic mass is 10.0. The monoisotopic (exact) mass is 287 g/mol. The van der Waals surface area contributed by atoms with Crippen molar-refractivity contribution in [3.63, 3.8) is 0 Å². The van der Waals surface area contributed by atoms with Gasteiger partial charge in [-0.1, -0.05) is 36.2 Å². The summed E-state index contributed by atoms with van der Waals surface area (Å²) in [7, 11) is 0. The minimum Gasteiger partial charge on any atom is -0.370 e. The average molecular weight is 288 g/mol. The molecule has 0 aliphatic heterocycles. The van der Waals surface area contributed by atoms with Crippen LogP contribution >= 0.6 is 23.2 Å². The first-order chi connectivity index (χ1) is 8.45. The topological polar surface area (TPSA) is 81.5 Å². The Hall–Kier alpha value is -1.26. The van der Waals surface area contributed by atoms with Gasteiger partial charge < -0.3 is 11.5 Å². The predicted molar refractivity (Wildman–Crippen MR) is 74.9 cm³/mol. The summed E-state index contributed by atoms with van der Waals surface area (Å²) in [5.41, 5.74) is 11.3. The Morgan fingerprint density at radius 3 is 2.33 bits per heavy atom. The Labute approximate surface area is 116 Å². The molecule has 1 unspecified atom stereocenters. The molecule has 1 aromatic carbocycles. The Balaban J connectivity index is 3.17. The Kier molecular flexibility index (Phi) is 5.44. The molecule has 0 amide bonds. The van der Waals surface area contributed by atoms with Crippen LogP contribution in [0.3, 0.4) is 0 Å². The number of halogens is 2. The highest BCUT2D eigenvalue weighted by Gasteiger charge is 2.20. The second-order valence-electron chi connectivity index (χ2n) is 3.80. The molecule has 0 aliphatic rings. The highest BCUT2D eigenvalue weighted by Crippen LogP contribution is 2.34. The third-order valence-corrected chi connectivity index (χ3v) is 3.11. The fourth-order valence-corrected chi connectivity index (χ4v) is 2.23. The van der Waals surface area contributed by atoms with E-state index in [1.807, 2.05) is 0 Å². The molecule has 0 aliphatic carbocycles. The number of Topliss-reactive ketones (excluding diaryl/α,β-unsaturated/α-hetero) is 1. The summed E-state index contributed by atoms with van der Waals surface area (Å²) in [6.45, 7) is 1.78. The maximum Gasteiger partial charge on any atom is 0.186 e. The van der Waals surface area contributed by atoms with E-state index >= 15 is 0 Å². The van der Waals surface area contributed by atoms with Gasteiger partial charge >= 0.3 is 0 Å². The summed E-state index contributed by atoms with van der Waals surface area (Å²) in [6.07, 6.45) is 0.594. The van der Waals surface area contributed by atoms with Crippen LogP contribution in [0, 0.1) is 0 Å². The van der Waals surface area contributed by atoms with Gasteiger partial charge in [-0.05, 0) is 12.1 Å².